The molecule has 3 N–H and O–H groups in total. The molecule has 1 heterocycles. The standard InChI is InChI=1S/C21H22ClN3/c22-17-8-7-15-6-5-14-3-1-2-4-18(14)20(19(15)13-17)16-9-11-25(12-10-16)21(23)24/h1-8,13,16,20H,9-12H2,(H3,23,24). The Morgan fingerprint density at radius 1 is 1.00 bits per heavy atom. The molecule has 0 spiro atoms. The summed E-state index contributed by atoms with van der Waals surface area (Å²) in [5, 5.41) is 8.46. The Balaban J connectivity index is 1.77. The maximum atomic E-state index is 7.67. The summed E-state index contributed by atoms with van der Waals surface area (Å²) in [6.07, 6.45) is 6.48. The Labute approximate surface area is 153 Å². The lowest BCUT2D eigenvalue weighted by Gasteiger charge is -2.37. The number of fused-ring (bicyclic) bond motifs is 2. The smallest absolute Gasteiger partial charge is 0.188 e. The summed E-state index contributed by atoms with van der Waals surface area (Å²) in [7, 11) is 0. The van der Waals surface area contributed by atoms with Gasteiger partial charge in [-0.1, -0.05) is 54.1 Å². The monoisotopic (exact) mass is 351 g/mol. The predicted octanol–water partition coefficient (Wildman–Crippen LogP) is 4.56. The van der Waals surface area contributed by atoms with Gasteiger partial charge in [0.15, 0.2) is 5.96 Å². The van der Waals surface area contributed by atoms with Gasteiger partial charge in [0.1, 0.15) is 0 Å². The van der Waals surface area contributed by atoms with Gasteiger partial charge in [0, 0.05) is 24.0 Å². The summed E-state index contributed by atoms with van der Waals surface area (Å²) in [6.45, 7) is 1.70. The first-order valence-electron chi connectivity index (χ1n) is 8.79. The molecule has 1 saturated heterocycles. The van der Waals surface area contributed by atoms with Crippen LogP contribution in [0.25, 0.3) is 12.2 Å². The largest absolute Gasteiger partial charge is 0.370 e. The summed E-state index contributed by atoms with van der Waals surface area (Å²) in [5.41, 5.74) is 10.9. The number of hydrogen-bond acceptors (Lipinski definition) is 1. The highest BCUT2D eigenvalue weighted by Gasteiger charge is 2.32. The zero-order valence-electron chi connectivity index (χ0n) is 14.1. The van der Waals surface area contributed by atoms with Crippen LogP contribution in [0.2, 0.25) is 5.02 Å². The highest BCUT2D eigenvalue weighted by atomic mass is 35.5. The zero-order valence-corrected chi connectivity index (χ0v) is 14.8. The molecule has 2 aromatic carbocycles. The van der Waals surface area contributed by atoms with E-state index < -0.39 is 0 Å². The molecular weight excluding hydrogens is 330 g/mol. The average Bonchev–Trinajstić information content (AvgIpc) is 2.78. The summed E-state index contributed by atoms with van der Waals surface area (Å²) in [5.74, 6) is 1.03. The molecule has 1 atom stereocenters. The minimum Gasteiger partial charge on any atom is -0.370 e. The quantitative estimate of drug-likeness (QED) is 0.584. The van der Waals surface area contributed by atoms with Crippen LogP contribution in [0.5, 0.6) is 0 Å². The number of halogens is 1. The van der Waals surface area contributed by atoms with Crippen LogP contribution in [0.15, 0.2) is 42.5 Å². The third-order valence-electron chi connectivity index (χ3n) is 5.51. The van der Waals surface area contributed by atoms with Gasteiger partial charge >= 0.3 is 0 Å². The van der Waals surface area contributed by atoms with Crippen molar-refractivity contribution in [2.75, 3.05) is 13.1 Å². The lowest BCUT2D eigenvalue weighted by molar-refractivity contribution is 0.246. The zero-order chi connectivity index (χ0) is 17.4. The van der Waals surface area contributed by atoms with Gasteiger partial charge < -0.3 is 10.6 Å². The molecule has 0 aromatic heterocycles. The van der Waals surface area contributed by atoms with Gasteiger partial charge in [-0.15, -0.1) is 0 Å². The number of nitrogens with two attached hydrogens (primary N) is 1. The van der Waals surface area contributed by atoms with Crippen molar-refractivity contribution in [3.8, 4) is 0 Å². The third kappa shape index (κ3) is 3.05. The molecular formula is C21H22ClN3. The Morgan fingerprint density at radius 3 is 2.40 bits per heavy atom. The van der Waals surface area contributed by atoms with Crippen molar-refractivity contribution in [1.29, 1.82) is 5.41 Å². The maximum absolute atomic E-state index is 7.67. The number of guanidine groups is 1. The normalized spacial score (nSPS) is 19.9. The van der Waals surface area contributed by atoms with Gasteiger partial charge in [0.25, 0.3) is 0 Å². The van der Waals surface area contributed by atoms with E-state index in [0.29, 0.717) is 11.8 Å². The molecule has 0 radical (unpaired) electrons. The van der Waals surface area contributed by atoms with Crippen molar-refractivity contribution in [2.24, 2.45) is 11.7 Å². The topological polar surface area (TPSA) is 53.1 Å². The first-order valence-corrected chi connectivity index (χ1v) is 9.16. The van der Waals surface area contributed by atoms with Crippen LogP contribution in [0.3, 0.4) is 0 Å². The second kappa shape index (κ2) is 6.57. The van der Waals surface area contributed by atoms with E-state index in [2.05, 4.69) is 48.6 Å². The second-order valence-corrected chi connectivity index (χ2v) is 7.36. The van der Waals surface area contributed by atoms with Gasteiger partial charge in [-0.25, -0.2) is 0 Å². The fraction of sp³-hybridized carbons (Fsp3) is 0.286. The van der Waals surface area contributed by atoms with E-state index in [9.17, 15) is 0 Å². The number of rotatable bonds is 1. The first-order chi connectivity index (χ1) is 12.1. The lowest BCUT2D eigenvalue weighted by Crippen LogP contribution is -2.43. The van der Waals surface area contributed by atoms with Crippen LogP contribution in [0.1, 0.15) is 41.0 Å². The number of benzene rings is 2. The van der Waals surface area contributed by atoms with Crippen LogP contribution in [-0.2, 0) is 0 Å². The molecule has 0 bridgehead atoms. The van der Waals surface area contributed by atoms with Crippen molar-refractivity contribution in [1.82, 2.24) is 4.90 Å². The van der Waals surface area contributed by atoms with E-state index in [0.717, 1.165) is 31.0 Å². The van der Waals surface area contributed by atoms with Gasteiger partial charge in [-0.2, -0.15) is 0 Å². The van der Waals surface area contributed by atoms with Crippen molar-refractivity contribution in [2.45, 2.75) is 18.8 Å². The SMILES string of the molecule is N=C(N)N1CCC(C2c3ccccc3C=Cc3ccc(Cl)cc32)CC1. The van der Waals surface area contributed by atoms with Crippen LogP contribution in [0, 0.1) is 11.3 Å². The van der Waals surface area contributed by atoms with E-state index in [4.69, 9.17) is 22.7 Å². The molecule has 1 aliphatic carbocycles. The number of hydrogen-bond donors (Lipinski definition) is 2. The van der Waals surface area contributed by atoms with Crippen LogP contribution < -0.4 is 5.73 Å². The fourth-order valence-electron chi connectivity index (χ4n) is 4.24. The highest BCUT2D eigenvalue weighted by Crippen LogP contribution is 2.43. The Bertz CT molecular complexity index is 835. The van der Waals surface area contributed by atoms with Crippen LogP contribution >= 0.6 is 11.6 Å². The molecule has 3 nitrogen and oxygen atoms in total. The molecule has 128 valence electrons. The fourth-order valence-corrected chi connectivity index (χ4v) is 4.42. The minimum atomic E-state index is 0.185. The summed E-state index contributed by atoms with van der Waals surface area (Å²) in [6, 6.07) is 14.9. The molecule has 4 rings (SSSR count). The molecule has 2 aromatic rings. The molecule has 1 unspecified atom stereocenters. The summed E-state index contributed by atoms with van der Waals surface area (Å²) in [4.78, 5) is 1.97. The van der Waals surface area contributed by atoms with Gasteiger partial charge in [0.05, 0.1) is 0 Å². The molecule has 0 amide bonds. The van der Waals surface area contributed by atoms with Crippen LogP contribution in [0.4, 0.5) is 0 Å². The van der Waals surface area contributed by atoms with E-state index in [-0.39, 0.29) is 5.96 Å². The number of nitrogens with one attached hydrogen (secondary N) is 1. The molecule has 1 aliphatic heterocycles. The van der Waals surface area contributed by atoms with Gasteiger partial charge in [-0.3, -0.25) is 5.41 Å². The van der Waals surface area contributed by atoms with E-state index in [1.807, 2.05) is 11.0 Å². The number of piperidine rings is 1. The molecule has 25 heavy (non-hydrogen) atoms. The predicted molar refractivity (Wildman–Crippen MR) is 105 cm³/mol. The van der Waals surface area contributed by atoms with Crippen LogP contribution in [-0.4, -0.2) is 23.9 Å². The lowest BCUT2D eigenvalue weighted by atomic mass is 9.74. The van der Waals surface area contributed by atoms with E-state index >= 15 is 0 Å². The van der Waals surface area contributed by atoms with Crippen molar-refractivity contribution in [3.63, 3.8) is 0 Å². The summed E-state index contributed by atoms with van der Waals surface area (Å²) >= 11 is 6.35. The maximum Gasteiger partial charge on any atom is 0.188 e. The van der Waals surface area contributed by atoms with E-state index in [1.165, 1.54) is 22.3 Å². The molecule has 4 heteroatoms. The third-order valence-corrected chi connectivity index (χ3v) is 5.74. The summed E-state index contributed by atoms with van der Waals surface area (Å²) < 4.78 is 0. The number of nitrogens with zero attached hydrogens (tertiary/aromatic N) is 1. The van der Waals surface area contributed by atoms with Crippen molar-refractivity contribution < 1.29 is 0 Å². The Kier molecular flexibility index (Phi) is 4.26. The minimum absolute atomic E-state index is 0.185. The molecule has 2 aliphatic rings. The van der Waals surface area contributed by atoms with Gasteiger partial charge in [0.2, 0.25) is 0 Å². The van der Waals surface area contributed by atoms with Crippen molar-refractivity contribution >= 4 is 29.7 Å². The molecule has 1 fully saturated rings. The van der Waals surface area contributed by atoms with Crippen molar-refractivity contribution in [3.05, 3.63) is 69.7 Å². The molecule has 0 saturated carbocycles. The van der Waals surface area contributed by atoms with E-state index in [1.54, 1.807) is 0 Å². The Morgan fingerprint density at radius 2 is 1.68 bits per heavy atom. The average molecular weight is 352 g/mol. The highest BCUT2D eigenvalue weighted by molar-refractivity contribution is 6.30. The Hall–Kier alpha value is -2.26. The van der Waals surface area contributed by atoms with Gasteiger partial charge in [-0.05, 0) is 53.1 Å². The first kappa shape index (κ1) is 16.2. The number of likely N-dealkylation sites (tertiary alicyclic amines) is 1. The second-order valence-electron chi connectivity index (χ2n) is 6.92.